The maximum absolute atomic E-state index is 13.0. The van der Waals surface area contributed by atoms with Gasteiger partial charge in [0.15, 0.2) is 0 Å². The van der Waals surface area contributed by atoms with Crippen LogP contribution in [0.2, 0.25) is 0 Å². The van der Waals surface area contributed by atoms with Gasteiger partial charge in [0.25, 0.3) is 5.91 Å². The zero-order chi connectivity index (χ0) is 19.1. The van der Waals surface area contributed by atoms with Crippen LogP contribution in [0.5, 0.6) is 0 Å². The molecule has 4 aromatic heterocycles. The smallest absolute Gasteiger partial charge is 0.257 e. The standard InChI is InChI=1S/C21H19N5O2/c1-24-7-4-18-19(24)13-25(21(27)16-5-8-28-14-16)11-17-12-26(23-20(17)18)10-15-3-2-6-22-9-15/h2-9,12,14H,10-11,13H2,1H3. The number of aromatic nitrogens is 4. The van der Waals surface area contributed by atoms with E-state index in [9.17, 15) is 4.79 Å². The predicted molar refractivity (Wildman–Crippen MR) is 102 cm³/mol. The van der Waals surface area contributed by atoms with Crippen molar-refractivity contribution >= 4 is 5.91 Å². The van der Waals surface area contributed by atoms with Crippen LogP contribution in [-0.2, 0) is 26.7 Å². The molecule has 0 atom stereocenters. The van der Waals surface area contributed by atoms with E-state index in [1.807, 2.05) is 47.4 Å². The number of carbonyl (C=O) groups is 1. The molecule has 7 heteroatoms. The highest BCUT2D eigenvalue weighted by Crippen LogP contribution is 2.32. The Hall–Kier alpha value is -3.61. The Morgan fingerprint density at radius 1 is 1.25 bits per heavy atom. The van der Waals surface area contributed by atoms with Crippen LogP contribution in [0, 0.1) is 0 Å². The van der Waals surface area contributed by atoms with Crippen molar-refractivity contribution in [2.24, 2.45) is 7.05 Å². The van der Waals surface area contributed by atoms with Crippen molar-refractivity contribution in [3.63, 3.8) is 0 Å². The first kappa shape index (κ1) is 16.6. The molecule has 0 bridgehead atoms. The van der Waals surface area contributed by atoms with Crippen LogP contribution < -0.4 is 0 Å². The van der Waals surface area contributed by atoms with Crippen LogP contribution in [0.4, 0.5) is 0 Å². The molecule has 1 amide bonds. The first-order chi connectivity index (χ1) is 13.7. The van der Waals surface area contributed by atoms with Crippen LogP contribution in [0.1, 0.15) is 27.2 Å². The maximum atomic E-state index is 13.0. The number of fused-ring (bicyclic) bond motifs is 3. The molecular weight excluding hydrogens is 354 g/mol. The molecule has 4 aromatic rings. The van der Waals surface area contributed by atoms with Crippen molar-refractivity contribution in [1.29, 1.82) is 0 Å². The molecule has 0 N–H and O–H groups in total. The first-order valence-electron chi connectivity index (χ1n) is 9.10. The number of rotatable bonds is 3. The highest BCUT2D eigenvalue weighted by atomic mass is 16.3. The number of furan rings is 1. The highest BCUT2D eigenvalue weighted by Gasteiger charge is 2.28. The Kier molecular flexibility index (Phi) is 3.86. The van der Waals surface area contributed by atoms with Crippen LogP contribution in [0.15, 0.2) is 66.0 Å². The van der Waals surface area contributed by atoms with E-state index in [0.717, 1.165) is 28.1 Å². The van der Waals surface area contributed by atoms with E-state index in [0.29, 0.717) is 25.2 Å². The molecular formula is C21H19N5O2. The molecule has 5 rings (SSSR count). The number of amides is 1. The molecule has 0 unspecified atom stereocenters. The summed E-state index contributed by atoms with van der Waals surface area (Å²) in [5.41, 5.74) is 5.75. The van der Waals surface area contributed by atoms with Gasteiger partial charge in [0.2, 0.25) is 0 Å². The summed E-state index contributed by atoms with van der Waals surface area (Å²) in [5.74, 6) is -0.0474. The third-order valence-corrected chi connectivity index (χ3v) is 5.12. The molecule has 7 nitrogen and oxygen atoms in total. The van der Waals surface area contributed by atoms with Crippen molar-refractivity contribution < 1.29 is 9.21 Å². The number of pyridine rings is 1. The molecule has 0 spiro atoms. The summed E-state index contributed by atoms with van der Waals surface area (Å²) < 4.78 is 9.08. The number of hydrogen-bond donors (Lipinski definition) is 0. The summed E-state index contributed by atoms with van der Waals surface area (Å²) in [6.45, 7) is 1.67. The molecule has 0 aliphatic carbocycles. The molecule has 0 aromatic carbocycles. The fraction of sp³-hybridized carbons (Fsp3) is 0.190. The second-order valence-corrected chi connectivity index (χ2v) is 7.02. The van der Waals surface area contributed by atoms with Crippen molar-refractivity contribution in [2.45, 2.75) is 19.6 Å². The molecule has 5 heterocycles. The van der Waals surface area contributed by atoms with Crippen molar-refractivity contribution in [2.75, 3.05) is 0 Å². The lowest BCUT2D eigenvalue weighted by atomic mass is 10.1. The molecule has 1 aliphatic heterocycles. The van der Waals surface area contributed by atoms with Gasteiger partial charge < -0.3 is 13.9 Å². The zero-order valence-electron chi connectivity index (χ0n) is 15.4. The molecule has 0 saturated heterocycles. The summed E-state index contributed by atoms with van der Waals surface area (Å²) in [6.07, 6.45) is 10.7. The largest absolute Gasteiger partial charge is 0.472 e. The van der Waals surface area contributed by atoms with Gasteiger partial charge in [-0.15, -0.1) is 0 Å². The number of carbonyl (C=O) groups excluding carboxylic acids is 1. The molecule has 140 valence electrons. The van der Waals surface area contributed by atoms with E-state index in [4.69, 9.17) is 9.52 Å². The Labute approximate surface area is 161 Å². The van der Waals surface area contributed by atoms with Gasteiger partial charge in [-0.2, -0.15) is 5.10 Å². The van der Waals surface area contributed by atoms with Gasteiger partial charge in [-0.1, -0.05) is 6.07 Å². The minimum atomic E-state index is -0.0474. The molecule has 0 fully saturated rings. The van der Waals surface area contributed by atoms with Gasteiger partial charge in [0, 0.05) is 48.7 Å². The quantitative estimate of drug-likeness (QED) is 0.553. The Bertz CT molecular complexity index is 1130. The van der Waals surface area contributed by atoms with Gasteiger partial charge in [-0.25, -0.2) is 0 Å². The van der Waals surface area contributed by atoms with E-state index in [-0.39, 0.29) is 5.91 Å². The van der Waals surface area contributed by atoms with Gasteiger partial charge >= 0.3 is 0 Å². The minimum Gasteiger partial charge on any atom is -0.472 e. The molecule has 1 aliphatic rings. The summed E-state index contributed by atoms with van der Waals surface area (Å²) in [7, 11) is 2.00. The first-order valence-corrected chi connectivity index (χ1v) is 9.10. The summed E-state index contributed by atoms with van der Waals surface area (Å²) >= 11 is 0. The van der Waals surface area contributed by atoms with Gasteiger partial charge in [0.05, 0.1) is 37.2 Å². The second kappa shape index (κ2) is 6.53. The molecule has 0 saturated carbocycles. The van der Waals surface area contributed by atoms with Crippen molar-refractivity contribution in [3.05, 3.63) is 84.0 Å². The van der Waals surface area contributed by atoms with Crippen LogP contribution in [0.25, 0.3) is 11.3 Å². The maximum Gasteiger partial charge on any atom is 0.257 e. The molecule has 28 heavy (non-hydrogen) atoms. The lowest BCUT2D eigenvalue weighted by molar-refractivity contribution is 0.0728. The monoisotopic (exact) mass is 373 g/mol. The number of nitrogens with zero attached hydrogens (tertiary/aromatic N) is 5. The van der Waals surface area contributed by atoms with Gasteiger partial charge in [-0.05, 0) is 23.8 Å². The number of hydrogen-bond acceptors (Lipinski definition) is 4. The fourth-order valence-corrected chi connectivity index (χ4v) is 3.69. The number of aryl methyl sites for hydroxylation is 1. The topological polar surface area (TPSA) is 69.1 Å². The highest BCUT2D eigenvalue weighted by molar-refractivity contribution is 5.94. The average molecular weight is 373 g/mol. The Morgan fingerprint density at radius 3 is 2.96 bits per heavy atom. The van der Waals surface area contributed by atoms with E-state index in [1.54, 1.807) is 12.3 Å². The SMILES string of the molecule is Cn1ccc2c1CN(C(=O)c1ccoc1)Cc1cn(Cc3cccnc3)nc1-2. The summed E-state index contributed by atoms with van der Waals surface area (Å²) in [5, 5.41) is 4.84. The van der Waals surface area contributed by atoms with E-state index >= 15 is 0 Å². The van der Waals surface area contributed by atoms with E-state index in [1.165, 1.54) is 12.5 Å². The lowest BCUT2D eigenvalue weighted by Crippen LogP contribution is -2.29. The fourth-order valence-electron chi connectivity index (χ4n) is 3.69. The van der Waals surface area contributed by atoms with Gasteiger partial charge in [0.1, 0.15) is 6.26 Å². The van der Waals surface area contributed by atoms with Crippen molar-refractivity contribution in [3.8, 4) is 11.3 Å². The third kappa shape index (κ3) is 2.81. The zero-order valence-corrected chi connectivity index (χ0v) is 15.4. The third-order valence-electron chi connectivity index (χ3n) is 5.12. The summed E-state index contributed by atoms with van der Waals surface area (Å²) in [4.78, 5) is 19.0. The van der Waals surface area contributed by atoms with Crippen LogP contribution in [0.3, 0.4) is 0 Å². The van der Waals surface area contributed by atoms with Crippen molar-refractivity contribution in [1.82, 2.24) is 24.2 Å². The minimum absolute atomic E-state index is 0.0474. The van der Waals surface area contributed by atoms with Crippen LogP contribution in [-0.4, -0.2) is 30.1 Å². The van der Waals surface area contributed by atoms with E-state index < -0.39 is 0 Å². The Morgan fingerprint density at radius 2 is 2.18 bits per heavy atom. The lowest BCUT2D eigenvalue weighted by Gasteiger charge is -2.20. The predicted octanol–water partition coefficient (Wildman–Crippen LogP) is 3.08. The van der Waals surface area contributed by atoms with E-state index in [2.05, 4.69) is 15.6 Å². The van der Waals surface area contributed by atoms with Gasteiger partial charge in [-0.3, -0.25) is 14.5 Å². The Balaban J connectivity index is 1.54. The van der Waals surface area contributed by atoms with Crippen LogP contribution >= 0.6 is 0 Å². The second-order valence-electron chi connectivity index (χ2n) is 7.02. The average Bonchev–Trinajstić information content (AvgIpc) is 3.42. The molecule has 0 radical (unpaired) electrons. The summed E-state index contributed by atoms with van der Waals surface area (Å²) in [6, 6.07) is 7.72. The normalized spacial score (nSPS) is 13.1.